The number of hydrogen-bond acceptors (Lipinski definition) is 3. The van der Waals surface area contributed by atoms with Gasteiger partial charge in [-0.2, -0.15) is 0 Å². The molecule has 0 saturated carbocycles. The third-order valence-corrected chi connectivity index (χ3v) is 6.12. The maximum atomic E-state index is 13.2. The SMILES string of the molecule is Cc1ccccc1C(=O)N[C@H](C(=O)N1CCN(c2cccc(C)c2C)CC1)C(C)C. The van der Waals surface area contributed by atoms with Gasteiger partial charge in [-0.3, -0.25) is 9.59 Å². The van der Waals surface area contributed by atoms with E-state index in [0.717, 1.165) is 18.7 Å². The smallest absolute Gasteiger partial charge is 0.252 e. The van der Waals surface area contributed by atoms with Crippen molar-refractivity contribution in [2.45, 2.75) is 40.7 Å². The van der Waals surface area contributed by atoms with Crippen LogP contribution in [0, 0.1) is 26.7 Å². The zero-order valence-electron chi connectivity index (χ0n) is 18.7. The summed E-state index contributed by atoms with van der Waals surface area (Å²) < 4.78 is 0. The number of benzene rings is 2. The van der Waals surface area contributed by atoms with Crippen molar-refractivity contribution < 1.29 is 9.59 Å². The lowest BCUT2D eigenvalue weighted by atomic mass is 10.0. The molecule has 1 aliphatic rings. The van der Waals surface area contributed by atoms with E-state index in [2.05, 4.69) is 42.3 Å². The van der Waals surface area contributed by atoms with E-state index < -0.39 is 6.04 Å². The number of aryl methyl sites for hydroxylation is 2. The highest BCUT2D eigenvalue weighted by atomic mass is 16.2. The summed E-state index contributed by atoms with van der Waals surface area (Å²) in [6.45, 7) is 13.1. The van der Waals surface area contributed by atoms with Crippen molar-refractivity contribution in [3.63, 3.8) is 0 Å². The quantitative estimate of drug-likeness (QED) is 0.822. The monoisotopic (exact) mass is 407 g/mol. The van der Waals surface area contributed by atoms with Crippen LogP contribution < -0.4 is 10.2 Å². The molecule has 1 N–H and O–H groups in total. The zero-order chi connectivity index (χ0) is 21.8. The summed E-state index contributed by atoms with van der Waals surface area (Å²) in [7, 11) is 0. The average molecular weight is 408 g/mol. The summed E-state index contributed by atoms with van der Waals surface area (Å²) in [4.78, 5) is 30.3. The maximum absolute atomic E-state index is 13.2. The molecule has 1 saturated heterocycles. The van der Waals surface area contributed by atoms with Crippen LogP contribution in [0.5, 0.6) is 0 Å². The first-order valence-electron chi connectivity index (χ1n) is 10.8. The van der Waals surface area contributed by atoms with Gasteiger partial charge in [-0.15, -0.1) is 0 Å². The van der Waals surface area contributed by atoms with Crippen molar-refractivity contribution in [1.82, 2.24) is 10.2 Å². The number of hydrogen-bond donors (Lipinski definition) is 1. The van der Waals surface area contributed by atoms with E-state index in [-0.39, 0.29) is 17.7 Å². The molecule has 0 spiro atoms. The summed E-state index contributed by atoms with van der Waals surface area (Å²) in [5, 5.41) is 2.99. The van der Waals surface area contributed by atoms with Crippen LogP contribution in [-0.2, 0) is 4.79 Å². The first kappa shape index (κ1) is 21.9. The lowest BCUT2D eigenvalue weighted by Gasteiger charge is -2.39. The lowest BCUT2D eigenvalue weighted by molar-refractivity contribution is -0.134. The normalized spacial score (nSPS) is 15.3. The molecular weight excluding hydrogens is 374 g/mol. The third kappa shape index (κ3) is 4.66. The largest absolute Gasteiger partial charge is 0.368 e. The van der Waals surface area contributed by atoms with Gasteiger partial charge >= 0.3 is 0 Å². The van der Waals surface area contributed by atoms with Gasteiger partial charge in [0.2, 0.25) is 5.91 Å². The number of piperazine rings is 1. The number of anilines is 1. The predicted molar refractivity (Wildman–Crippen MR) is 122 cm³/mol. The second kappa shape index (κ2) is 9.33. The fourth-order valence-corrected chi connectivity index (χ4v) is 4.00. The van der Waals surface area contributed by atoms with E-state index in [1.165, 1.54) is 16.8 Å². The van der Waals surface area contributed by atoms with Crippen molar-refractivity contribution in [1.29, 1.82) is 0 Å². The van der Waals surface area contributed by atoms with Gasteiger partial charge in [-0.05, 0) is 55.5 Å². The van der Waals surface area contributed by atoms with Crippen LogP contribution in [0.25, 0.3) is 0 Å². The van der Waals surface area contributed by atoms with Crippen LogP contribution in [0.1, 0.15) is 40.9 Å². The Labute approximate surface area is 180 Å². The van der Waals surface area contributed by atoms with E-state index in [1.54, 1.807) is 6.07 Å². The molecule has 2 aromatic carbocycles. The summed E-state index contributed by atoms with van der Waals surface area (Å²) in [5.74, 6) is -0.163. The Balaban J connectivity index is 1.66. The fraction of sp³-hybridized carbons (Fsp3) is 0.440. The van der Waals surface area contributed by atoms with Crippen LogP contribution >= 0.6 is 0 Å². The molecule has 0 bridgehead atoms. The lowest BCUT2D eigenvalue weighted by Crippen LogP contribution is -2.56. The molecule has 1 heterocycles. The Morgan fingerprint density at radius 1 is 0.867 bits per heavy atom. The zero-order valence-corrected chi connectivity index (χ0v) is 18.7. The number of nitrogens with one attached hydrogen (secondary N) is 1. The minimum Gasteiger partial charge on any atom is -0.368 e. The summed E-state index contributed by atoms with van der Waals surface area (Å²) in [5.41, 5.74) is 5.35. The second-order valence-electron chi connectivity index (χ2n) is 8.54. The van der Waals surface area contributed by atoms with Crippen molar-refractivity contribution in [3.8, 4) is 0 Å². The first-order valence-corrected chi connectivity index (χ1v) is 10.8. The van der Waals surface area contributed by atoms with Gasteiger partial charge in [0.15, 0.2) is 0 Å². The maximum Gasteiger partial charge on any atom is 0.252 e. The van der Waals surface area contributed by atoms with E-state index in [1.807, 2.05) is 43.9 Å². The fourth-order valence-electron chi connectivity index (χ4n) is 4.00. The first-order chi connectivity index (χ1) is 14.3. The van der Waals surface area contributed by atoms with Crippen LogP contribution in [0.2, 0.25) is 0 Å². The summed E-state index contributed by atoms with van der Waals surface area (Å²) in [6, 6.07) is 13.3. The molecule has 0 aliphatic carbocycles. The van der Waals surface area contributed by atoms with Gasteiger partial charge in [-0.1, -0.05) is 44.2 Å². The molecule has 1 fully saturated rings. The minimum absolute atomic E-state index is 0.00699. The molecule has 0 unspecified atom stereocenters. The van der Waals surface area contributed by atoms with Gasteiger partial charge in [0.05, 0.1) is 0 Å². The van der Waals surface area contributed by atoms with Gasteiger partial charge in [0.1, 0.15) is 6.04 Å². The summed E-state index contributed by atoms with van der Waals surface area (Å²) >= 11 is 0. The molecule has 30 heavy (non-hydrogen) atoms. The number of amides is 2. The number of rotatable bonds is 5. The summed E-state index contributed by atoms with van der Waals surface area (Å²) in [6.07, 6.45) is 0. The topological polar surface area (TPSA) is 52.7 Å². The molecule has 1 atom stereocenters. The van der Waals surface area contributed by atoms with Gasteiger partial charge in [0.25, 0.3) is 5.91 Å². The van der Waals surface area contributed by atoms with Crippen molar-refractivity contribution in [3.05, 3.63) is 64.7 Å². The number of carbonyl (C=O) groups excluding carboxylic acids is 2. The van der Waals surface area contributed by atoms with E-state index in [9.17, 15) is 9.59 Å². The molecule has 3 rings (SSSR count). The second-order valence-corrected chi connectivity index (χ2v) is 8.54. The Morgan fingerprint density at radius 2 is 1.50 bits per heavy atom. The standard InChI is InChI=1S/C25H33N3O2/c1-17(2)23(26-24(29)21-11-7-6-9-19(21)4)25(30)28-15-13-27(14-16-28)22-12-8-10-18(3)20(22)5/h6-12,17,23H,13-16H2,1-5H3,(H,26,29)/t23-/m0/s1. The molecule has 160 valence electrons. The van der Waals surface area contributed by atoms with Crippen LogP contribution in [0.4, 0.5) is 5.69 Å². The highest BCUT2D eigenvalue weighted by Crippen LogP contribution is 2.24. The van der Waals surface area contributed by atoms with E-state index in [0.29, 0.717) is 18.7 Å². The molecule has 0 radical (unpaired) electrons. The average Bonchev–Trinajstić information content (AvgIpc) is 2.73. The van der Waals surface area contributed by atoms with Crippen molar-refractivity contribution in [2.24, 2.45) is 5.92 Å². The van der Waals surface area contributed by atoms with E-state index in [4.69, 9.17) is 0 Å². The molecule has 5 nitrogen and oxygen atoms in total. The van der Waals surface area contributed by atoms with Crippen LogP contribution in [-0.4, -0.2) is 48.9 Å². The molecular formula is C25H33N3O2. The van der Waals surface area contributed by atoms with Crippen LogP contribution in [0.15, 0.2) is 42.5 Å². The third-order valence-electron chi connectivity index (χ3n) is 6.12. The molecule has 2 aromatic rings. The predicted octanol–water partition coefficient (Wildman–Crippen LogP) is 3.72. The molecule has 2 amide bonds. The number of carbonyl (C=O) groups is 2. The Kier molecular flexibility index (Phi) is 6.80. The minimum atomic E-state index is -0.524. The highest BCUT2D eigenvalue weighted by molar-refractivity contribution is 5.98. The van der Waals surface area contributed by atoms with Crippen molar-refractivity contribution in [2.75, 3.05) is 31.1 Å². The van der Waals surface area contributed by atoms with Crippen molar-refractivity contribution >= 4 is 17.5 Å². The van der Waals surface area contributed by atoms with E-state index >= 15 is 0 Å². The Bertz CT molecular complexity index is 914. The Hall–Kier alpha value is -2.82. The molecule has 5 heteroatoms. The van der Waals surface area contributed by atoms with Gasteiger partial charge < -0.3 is 15.1 Å². The Morgan fingerprint density at radius 3 is 2.13 bits per heavy atom. The van der Waals surface area contributed by atoms with Gasteiger partial charge in [-0.25, -0.2) is 0 Å². The molecule has 0 aromatic heterocycles. The number of nitrogens with zero attached hydrogens (tertiary/aromatic N) is 2. The van der Waals surface area contributed by atoms with Crippen LogP contribution in [0.3, 0.4) is 0 Å². The molecule has 1 aliphatic heterocycles. The highest BCUT2D eigenvalue weighted by Gasteiger charge is 2.31. The van der Waals surface area contributed by atoms with Gasteiger partial charge in [0, 0.05) is 37.4 Å².